The number of hydrogen-bond acceptors (Lipinski definition) is 2. The highest BCUT2D eigenvalue weighted by Gasteiger charge is 2.34. The van der Waals surface area contributed by atoms with Gasteiger partial charge in [-0.3, -0.25) is 14.5 Å². The van der Waals surface area contributed by atoms with E-state index in [9.17, 15) is 18.4 Å². The quantitative estimate of drug-likeness (QED) is 0.544. The van der Waals surface area contributed by atoms with Crippen LogP contribution in [0.1, 0.15) is 50.6 Å². The molecule has 0 N–H and O–H groups in total. The number of amides is 2. The van der Waals surface area contributed by atoms with Crippen molar-refractivity contribution in [1.29, 1.82) is 0 Å². The van der Waals surface area contributed by atoms with Gasteiger partial charge in [0.1, 0.15) is 11.6 Å². The molecule has 5 heteroatoms. The second kappa shape index (κ2) is 7.95. The Bertz CT molecular complexity index is 965. The van der Waals surface area contributed by atoms with E-state index < -0.39 is 0 Å². The first-order valence-electron chi connectivity index (χ1n) is 9.51. The van der Waals surface area contributed by atoms with Crippen LogP contribution < -0.4 is 0 Å². The van der Waals surface area contributed by atoms with E-state index in [0.717, 1.165) is 11.1 Å². The van der Waals surface area contributed by atoms with Crippen LogP contribution in [-0.4, -0.2) is 23.3 Å². The lowest BCUT2D eigenvalue weighted by molar-refractivity contribution is 0.0651. The lowest BCUT2D eigenvalue weighted by Gasteiger charge is -2.20. The molecule has 29 heavy (non-hydrogen) atoms. The van der Waals surface area contributed by atoms with Gasteiger partial charge in [0.15, 0.2) is 0 Å². The zero-order valence-corrected chi connectivity index (χ0v) is 15.6. The Hall–Kier alpha value is -3.34. The number of carbonyl (C=O) groups excluding carboxylic acids is 2. The van der Waals surface area contributed by atoms with Crippen molar-refractivity contribution in [2.24, 2.45) is 0 Å². The molecule has 3 aromatic carbocycles. The summed E-state index contributed by atoms with van der Waals surface area (Å²) in [6, 6.07) is 19.3. The number of halogens is 2. The minimum absolute atomic E-state index is 0.0913. The van der Waals surface area contributed by atoms with Gasteiger partial charge in [0.25, 0.3) is 11.8 Å². The number of fused-ring (bicyclic) bond motifs is 1. The SMILES string of the molecule is O=C1c2ccccc2C(=O)N1CCCC(c1ccc(F)cc1)c1ccc(F)cc1. The molecule has 0 aliphatic carbocycles. The molecule has 0 spiro atoms. The highest BCUT2D eigenvalue weighted by molar-refractivity contribution is 6.21. The normalized spacial score (nSPS) is 13.3. The number of hydrogen-bond donors (Lipinski definition) is 0. The van der Waals surface area contributed by atoms with Crippen molar-refractivity contribution < 1.29 is 18.4 Å². The van der Waals surface area contributed by atoms with Crippen LogP contribution in [0.5, 0.6) is 0 Å². The maximum absolute atomic E-state index is 13.3. The van der Waals surface area contributed by atoms with E-state index in [1.165, 1.54) is 29.2 Å². The molecule has 1 aliphatic rings. The molecule has 1 aliphatic heterocycles. The Morgan fingerprint density at radius 1 is 0.690 bits per heavy atom. The number of carbonyl (C=O) groups is 2. The smallest absolute Gasteiger partial charge is 0.261 e. The molecule has 0 radical (unpaired) electrons. The topological polar surface area (TPSA) is 37.4 Å². The second-order valence-corrected chi connectivity index (χ2v) is 7.11. The predicted octanol–water partition coefficient (Wildman–Crippen LogP) is 5.17. The van der Waals surface area contributed by atoms with Crippen molar-refractivity contribution >= 4 is 11.8 Å². The van der Waals surface area contributed by atoms with Crippen LogP contribution in [-0.2, 0) is 0 Å². The summed E-state index contributed by atoms with van der Waals surface area (Å²) in [4.78, 5) is 26.3. The van der Waals surface area contributed by atoms with Gasteiger partial charge in [0.05, 0.1) is 11.1 Å². The first-order chi connectivity index (χ1) is 14.0. The molecule has 0 fully saturated rings. The number of nitrogens with zero attached hydrogens (tertiary/aromatic N) is 1. The zero-order chi connectivity index (χ0) is 20.4. The third-order valence-electron chi connectivity index (χ3n) is 5.30. The van der Waals surface area contributed by atoms with Crippen molar-refractivity contribution in [2.75, 3.05) is 6.54 Å². The average Bonchev–Trinajstić information content (AvgIpc) is 2.98. The number of imide groups is 1. The summed E-state index contributed by atoms with van der Waals surface area (Å²) < 4.78 is 26.7. The molecule has 1 heterocycles. The van der Waals surface area contributed by atoms with Crippen LogP contribution in [0.25, 0.3) is 0 Å². The van der Waals surface area contributed by atoms with Gasteiger partial charge in [-0.05, 0) is 60.4 Å². The molecule has 0 aromatic heterocycles. The van der Waals surface area contributed by atoms with Crippen LogP contribution in [0.15, 0.2) is 72.8 Å². The fourth-order valence-corrected chi connectivity index (χ4v) is 3.81. The van der Waals surface area contributed by atoms with Crippen molar-refractivity contribution in [1.82, 2.24) is 4.90 Å². The molecule has 3 nitrogen and oxygen atoms in total. The molecule has 4 rings (SSSR count). The van der Waals surface area contributed by atoms with Crippen molar-refractivity contribution in [3.05, 3.63) is 107 Å². The highest BCUT2D eigenvalue weighted by atomic mass is 19.1. The van der Waals surface area contributed by atoms with Crippen LogP contribution in [0.2, 0.25) is 0 Å². The van der Waals surface area contributed by atoms with Gasteiger partial charge in [-0.25, -0.2) is 8.78 Å². The molecular weight excluding hydrogens is 372 g/mol. The standard InChI is InChI=1S/C24H19F2NO2/c25-18-11-7-16(8-12-18)20(17-9-13-19(26)14-10-17)6-3-15-27-23(28)21-4-1-2-5-22(21)24(27)29/h1-2,4-5,7-14,20H,3,6,15H2. The monoisotopic (exact) mass is 391 g/mol. The second-order valence-electron chi connectivity index (χ2n) is 7.11. The largest absolute Gasteiger partial charge is 0.274 e. The summed E-state index contributed by atoms with van der Waals surface area (Å²) in [7, 11) is 0. The molecule has 2 amide bonds. The van der Waals surface area contributed by atoms with Crippen molar-refractivity contribution in [3.8, 4) is 0 Å². The third-order valence-corrected chi connectivity index (χ3v) is 5.30. The van der Waals surface area contributed by atoms with E-state index in [2.05, 4.69) is 0 Å². The minimum Gasteiger partial charge on any atom is -0.274 e. The molecular formula is C24H19F2NO2. The number of rotatable bonds is 6. The van der Waals surface area contributed by atoms with Gasteiger partial charge in [-0.2, -0.15) is 0 Å². The molecule has 0 unspecified atom stereocenters. The lowest BCUT2D eigenvalue weighted by Crippen LogP contribution is -2.30. The zero-order valence-electron chi connectivity index (χ0n) is 15.6. The van der Waals surface area contributed by atoms with E-state index in [-0.39, 0.29) is 29.4 Å². The maximum Gasteiger partial charge on any atom is 0.261 e. The fraction of sp³-hybridized carbons (Fsp3) is 0.167. The number of benzene rings is 3. The van der Waals surface area contributed by atoms with Gasteiger partial charge in [0, 0.05) is 12.5 Å². The fourth-order valence-electron chi connectivity index (χ4n) is 3.81. The Kier molecular flexibility index (Phi) is 5.21. The van der Waals surface area contributed by atoms with Crippen LogP contribution in [0.3, 0.4) is 0 Å². The molecule has 0 saturated carbocycles. The summed E-state index contributed by atoms with van der Waals surface area (Å²) in [6.07, 6.45) is 1.20. The van der Waals surface area contributed by atoms with Crippen molar-refractivity contribution in [3.63, 3.8) is 0 Å². The Morgan fingerprint density at radius 2 is 1.14 bits per heavy atom. The van der Waals surface area contributed by atoms with E-state index in [0.29, 0.717) is 30.5 Å². The summed E-state index contributed by atoms with van der Waals surface area (Å²) in [5, 5.41) is 0. The van der Waals surface area contributed by atoms with Gasteiger partial charge in [-0.1, -0.05) is 36.4 Å². The predicted molar refractivity (Wildman–Crippen MR) is 106 cm³/mol. The molecule has 0 saturated heterocycles. The maximum atomic E-state index is 13.3. The molecule has 0 bridgehead atoms. The van der Waals surface area contributed by atoms with Crippen molar-refractivity contribution in [2.45, 2.75) is 18.8 Å². The molecule has 146 valence electrons. The highest BCUT2D eigenvalue weighted by Crippen LogP contribution is 2.31. The minimum atomic E-state index is -0.322. The van der Waals surface area contributed by atoms with Gasteiger partial charge in [-0.15, -0.1) is 0 Å². The third kappa shape index (κ3) is 3.81. The van der Waals surface area contributed by atoms with E-state index in [1.807, 2.05) is 0 Å². The summed E-state index contributed by atoms with van der Waals surface area (Å²) in [5.74, 6) is -1.28. The summed E-state index contributed by atoms with van der Waals surface area (Å²) in [6.45, 7) is 0.297. The lowest BCUT2D eigenvalue weighted by atomic mass is 9.87. The first-order valence-corrected chi connectivity index (χ1v) is 9.51. The van der Waals surface area contributed by atoms with E-state index in [1.54, 1.807) is 48.5 Å². The summed E-state index contributed by atoms with van der Waals surface area (Å²) in [5.41, 5.74) is 2.68. The van der Waals surface area contributed by atoms with E-state index in [4.69, 9.17) is 0 Å². The van der Waals surface area contributed by atoms with E-state index >= 15 is 0 Å². The Balaban J connectivity index is 1.50. The van der Waals surface area contributed by atoms with Crippen LogP contribution >= 0.6 is 0 Å². The van der Waals surface area contributed by atoms with Crippen LogP contribution in [0.4, 0.5) is 8.78 Å². The van der Waals surface area contributed by atoms with Gasteiger partial charge < -0.3 is 0 Å². The van der Waals surface area contributed by atoms with Gasteiger partial charge in [0.2, 0.25) is 0 Å². The molecule has 3 aromatic rings. The Labute approximate surface area is 167 Å². The Morgan fingerprint density at radius 3 is 1.59 bits per heavy atom. The average molecular weight is 391 g/mol. The summed E-state index contributed by atoms with van der Waals surface area (Å²) >= 11 is 0. The van der Waals surface area contributed by atoms with Gasteiger partial charge >= 0.3 is 0 Å². The van der Waals surface area contributed by atoms with Crippen LogP contribution in [0, 0.1) is 11.6 Å². The first kappa shape index (κ1) is 19.0. The molecule has 0 atom stereocenters.